The molecule has 1 unspecified atom stereocenters. The van der Waals surface area contributed by atoms with Crippen molar-refractivity contribution in [2.24, 2.45) is 0 Å². The fourth-order valence-electron chi connectivity index (χ4n) is 0.720. The first-order chi connectivity index (χ1) is 5.70. The normalized spacial score (nSPS) is 23.7. The van der Waals surface area contributed by atoms with Gasteiger partial charge < -0.3 is 15.2 Å². The second kappa shape index (κ2) is 3.92. The summed E-state index contributed by atoms with van der Waals surface area (Å²) in [5.74, 6) is -0.327. The Balaban J connectivity index is 2.34. The van der Waals surface area contributed by atoms with Crippen LogP contribution in [0.5, 0.6) is 0 Å². The van der Waals surface area contributed by atoms with Crippen LogP contribution in [0.15, 0.2) is 24.6 Å². The first kappa shape index (κ1) is 8.80. The van der Waals surface area contributed by atoms with Crippen LogP contribution in [0.3, 0.4) is 0 Å². The van der Waals surface area contributed by atoms with Crippen molar-refractivity contribution in [3.63, 3.8) is 0 Å². The highest BCUT2D eigenvalue weighted by molar-refractivity contribution is 5.92. The minimum absolute atomic E-state index is 0.285. The Hall–Kier alpha value is -1.29. The smallest absolute Gasteiger partial charge is 0.188 e. The summed E-state index contributed by atoms with van der Waals surface area (Å²) in [7, 11) is 0. The van der Waals surface area contributed by atoms with E-state index in [1.807, 2.05) is 0 Å². The van der Waals surface area contributed by atoms with Crippen molar-refractivity contribution >= 4 is 5.78 Å². The zero-order valence-corrected chi connectivity index (χ0v) is 6.73. The van der Waals surface area contributed by atoms with Crippen molar-refractivity contribution in [3.8, 4) is 0 Å². The molecule has 1 rings (SSSR count). The van der Waals surface area contributed by atoms with Crippen molar-refractivity contribution in [2.75, 3.05) is 0 Å². The number of hydrogen-bond donors (Lipinski definition) is 2. The van der Waals surface area contributed by atoms with E-state index in [1.165, 1.54) is 19.3 Å². The van der Waals surface area contributed by atoms with Crippen LogP contribution in [-0.4, -0.2) is 23.2 Å². The molecule has 1 heterocycles. The van der Waals surface area contributed by atoms with Crippen molar-refractivity contribution in [1.82, 2.24) is 5.32 Å². The average Bonchev–Trinajstić information content (AvgIpc) is 2.51. The molecule has 12 heavy (non-hydrogen) atoms. The molecule has 0 aromatic rings. The molecule has 2 atom stereocenters. The number of ketones is 1. The fourth-order valence-corrected chi connectivity index (χ4v) is 0.720. The SMILES string of the molecule is C[C@H](O)C(=O)/C=C/C1NC=CO1. The van der Waals surface area contributed by atoms with Crippen LogP contribution < -0.4 is 5.32 Å². The number of carbonyl (C=O) groups excluding carboxylic acids is 1. The Morgan fingerprint density at radius 1 is 1.83 bits per heavy atom. The van der Waals surface area contributed by atoms with Crippen LogP contribution in [0.4, 0.5) is 0 Å². The van der Waals surface area contributed by atoms with Crippen LogP contribution in [-0.2, 0) is 9.53 Å². The van der Waals surface area contributed by atoms with Gasteiger partial charge in [0.05, 0.1) is 0 Å². The lowest BCUT2D eigenvalue weighted by Gasteiger charge is -2.04. The number of aliphatic hydroxyl groups excluding tert-OH is 1. The molecule has 66 valence electrons. The summed E-state index contributed by atoms with van der Waals surface area (Å²) in [4.78, 5) is 10.9. The zero-order chi connectivity index (χ0) is 8.97. The van der Waals surface area contributed by atoms with Crippen LogP contribution in [0.2, 0.25) is 0 Å². The van der Waals surface area contributed by atoms with Gasteiger partial charge in [0.25, 0.3) is 0 Å². The lowest BCUT2D eigenvalue weighted by Crippen LogP contribution is -2.19. The predicted octanol–water partition coefficient (Wildman–Crippen LogP) is -0.0904. The zero-order valence-electron chi connectivity index (χ0n) is 6.73. The van der Waals surface area contributed by atoms with E-state index in [9.17, 15) is 4.79 Å². The minimum Gasteiger partial charge on any atom is -0.473 e. The highest BCUT2D eigenvalue weighted by Gasteiger charge is 2.08. The Kier molecular flexibility index (Phi) is 2.88. The number of ether oxygens (including phenoxy) is 1. The molecule has 2 N–H and O–H groups in total. The van der Waals surface area contributed by atoms with E-state index in [1.54, 1.807) is 12.3 Å². The molecule has 0 aliphatic carbocycles. The maximum Gasteiger partial charge on any atom is 0.188 e. The molecular formula is C8H11NO3. The van der Waals surface area contributed by atoms with Gasteiger partial charge in [-0.3, -0.25) is 4.79 Å². The number of rotatable bonds is 3. The van der Waals surface area contributed by atoms with Crippen LogP contribution in [0, 0.1) is 0 Å². The molecule has 0 fully saturated rings. The third kappa shape index (κ3) is 2.39. The highest BCUT2D eigenvalue weighted by atomic mass is 16.5. The molecule has 0 aromatic heterocycles. The van der Waals surface area contributed by atoms with Crippen LogP contribution in [0.25, 0.3) is 0 Å². The summed E-state index contributed by atoms with van der Waals surface area (Å²) in [5.41, 5.74) is 0. The van der Waals surface area contributed by atoms with Crippen molar-refractivity contribution in [1.29, 1.82) is 0 Å². The summed E-state index contributed by atoms with van der Waals surface area (Å²) in [6, 6.07) is 0. The minimum atomic E-state index is -0.949. The van der Waals surface area contributed by atoms with E-state index in [0.717, 1.165) is 0 Å². The first-order valence-corrected chi connectivity index (χ1v) is 3.67. The standard InChI is InChI=1S/C8H11NO3/c1-6(10)7(11)2-3-8-9-4-5-12-8/h2-6,8-10H,1H3/b3-2+/t6-,8?/m0/s1. The van der Waals surface area contributed by atoms with E-state index in [0.29, 0.717) is 0 Å². The van der Waals surface area contributed by atoms with Gasteiger partial charge >= 0.3 is 0 Å². The van der Waals surface area contributed by atoms with Crippen LogP contribution >= 0.6 is 0 Å². The summed E-state index contributed by atoms with van der Waals surface area (Å²) in [6.07, 6.45) is 4.76. The van der Waals surface area contributed by atoms with Gasteiger partial charge in [0.2, 0.25) is 0 Å². The third-order valence-electron chi connectivity index (χ3n) is 1.40. The molecule has 0 saturated heterocycles. The molecule has 0 spiro atoms. The van der Waals surface area contributed by atoms with E-state index in [4.69, 9.17) is 9.84 Å². The Labute approximate surface area is 70.5 Å². The van der Waals surface area contributed by atoms with Gasteiger partial charge in [0.15, 0.2) is 12.0 Å². The number of nitrogens with one attached hydrogen (secondary N) is 1. The monoisotopic (exact) mass is 169 g/mol. The molecule has 0 amide bonds. The summed E-state index contributed by atoms with van der Waals surface area (Å²) >= 11 is 0. The van der Waals surface area contributed by atoms with E-state index >= 15 is 0 Å². The topological polar surface area (TPSA) is 58.6 Å². The van der Waals surface area contributed by atoms with E-state index in [-0.39, 0.29) is 12.0 Å². The maximum atomic E-state index is 10.9. The summed E-state index contributed by atoms with van der Waals surface area (Å²) < 4.78 is 4.97. The number of aliphatic hydroxyl groups is 1. The first-order valence-electron chi connectivity index (χ1n) is 3.67. The van der Waals surface area contributed by atoms with Gasteiger partial charge in [-0.2, -0.15) is 0 Å². The second-order valence-electron chi connectivity index (χ2n) is 2.46. The lowest BCUT2D eigenvalue weighted by molar-refractivity contribution is -0.121. The second-order valence-corrected chi connectivity index (χ2v) is 2.46. The summed E-state index contributed by atoms with van der Waals surface area (Å²) in [5, 5.41) is 11.6. The quantitative estimate of drug-likeness (QED) is 0.580. The predicted molar refractivity (Wildman–Crippen MR) is 43.0 cm³/mol. The van der Waals surface area contributed by atoms with Gasteiger partial charge in [-0.15, -0.1) is 0 Å². The molecule has 4 heteroatoms. The van der Waals surface area contributed by atoms with Crippen molar-refractivity contribution in [3.05, 3.63) is 24.6 Å². The average molecular weight is 169 g/mol. The van der Waals surface area contributed by atoms with Crippen molar-refractivity contribution < 1.29 is 14.6 Å². The van der Waals surface area contributed by atoms with E-state index < -0.39 is 6.10 Å². The van der Waals surface area contributed by atoms with Gasteiger partial charge in [-0.1, -0.05) is 0 Å². The largest absolute Gasteiger partial charge is 0.473 e. The summed E-state index contributed by atoms with van der Waals surface area (Å²) in [6.45, 7) is 1.42. The molecule has 0 radical (unpaired) electrons. The van der Waals surface area contributed by atoms with Crippen LogP contribution in [0.1, 0.15) is 6.92 Å². The Bertz CT molecular complexity index is 212. The van der Waals surface area contributed by atoms with Gasteiger partial charge in [0.1, 0.15) is 12.4 Å². The Morgan fingerprint density at radius 3 is 3.08 bits per heavy atom. The molecule has 0 bridgehead atoms. The Morgan fingerprint density at radius 2 is 2.58 bits per heavy atom. The van der Waals surface area contributed by atoms with Gasteiger partial charge in [-0.05, 0) is 19.1 Å². The number of hydrogen-bond acceptors (Lipinski definition) is 4. The molecule has 1 aliphatic rings. The molecule has 4 nitrogen and oxygen atoms in total. The molecule has 1 aliphatic heterocycles. The third-order valence-corrected chi connectivity index (χ3v) is 1.40. The maximum absolute atomic E-state index is 10.9. The van der Waals surface area contributed by atoms with Gasteiger partial charge in [-0.25, -0.2) is 0 Å². The number of carbonyl (C=O) groups is 1. The molecule has 0 aromatic carbocycles. The van der Waals surface area contributed by atoms with Gasteiger partial charge in [0, 0.05) is 6.20 Å². The lowest BCUT2D eigenvalue weighted by atomic mass is 10.2. The molecule has 0 saturated carbocycles. The highest BCUT2D eigenvalue weighted by Crippen LogP contribution is 1.98. The van der Waals surface area contributed by atoms with Crippen molar-refractivity contribution in [2.45, 2.75) is 19.3 Å². The van der Waals surface area contributed by atoms with E-state index in [2.05, 4.69) is 5.32 Å². The fraction of sp³-hybridized carbons (Fsp3) is 0.375. The molecular weight excluding hydrogens is 158 g/mol.